The van der Waals surface area contributed by atoms with E-state index >= 15 is 0 Å². The van der Waals surface area contributed by atoms with Gasteiger partial charge in [-0.15, -0.1) is 11.3 Å². The first-order chi connectivity index (χ1) is 13.4. The van der Waals surface area contributed by atoms with Crippen LogP contribution < -0.4 is 5.32 Å². The van der Waals surface area contributed by atoms with Gasteiger partial charge >= 0.3 is 0 Å². The predicted molar refractivity (Wildman–Crippen MR) is 114 cm³/mol. The van der Waals surface area contributed by atoms with Crippen LogP contribution in [0.25, 0.3) is 10.2 Å². The fourth-order valence-corrected chi connectivity index (χ4v) is 4.13. The Kier molecular flexibility index (Phi) is 6.31. The number of nitrogens with one attached hydrogen (secondary N) is 1. The molecule has 3 aromatic rings. The third-order valence-electron chi connectivity index (χ3n) is 4.42. The first-order valence-electron chi connectivity index (χ1n) is 9.01. The number of rotatable bonds is 6. The lowest BCUT2D eigenvalue weighted by Crippen LogP contribution is -2.50. The van der Waals surface area contributed by atoms with Crippen molar-refractivity contribution in [2.45, 2.75) is 26.4 Å². The first-order valence-corrected chi connectivity index (χ1v) is 10.2. The highest BCUT2D eigenvalue weighted by Gasteiger charge is 2.28. The van der Waals surface area contributed by atoms with E-state index in [0.29, 0.717) is 17.1 Å². The number of amides is 2. The minimum absolute atomic E-state index is 0.0724. The Labute approximate surface area is 173 Å². The second-order valence-electron chi connectivity index (χ2n) is 6.94. The second-order valence-corrected chi connectivity index (χ2v) is 8.47. The fourth-order valence-electron chi connectivity index (χ4n) is 2.88. The second kappa shape index (κ2) is 8.71. The molecule has 2 aromatic carbocycles. The minimum atomic E-state index is -0.650. The van der Waals surface area contributed by atoms with E-state index in [0.717, 1.165) is 15.2 Å². The quantitative estimate of drug-likeness (QED) is 0.650. The van der Waals surface area contributed by atoms with Crippen LogP contribution in [0.2, 0.25) is 5.02 Å². The van der Waals surface area contributed by atoms with Crippen molar-refractivity contribution in [2.24, 2.45) is 5.92 Å². The Bertz CT molecular complexity index is 969. The number of hydrogen-bond acceptors (Lipinski definition) is 4. The van der Waals surface area contributed by atoms with Crippen molar-refractivity contribution >= 4 is 45.0 Å². The smallest absolute Gasteiger partial charge is 0.253 e. The molecule has 7 heteroatoms. The molecule has 0 unspecified atom stereocenters. The number of thiazole rings is 1. The maximum absolute atomic E-state index is 13.0. The lowest BCUT2D eigenvalue weighted by atomic mass is 10.0. The Morgan fingerprint density at radius 2 is 1.82 bits per heavy atom. The molecule has 0 aliphatic carbocycles. The van der Waals surface area contributed by atoms with E-state index < -0.39 is 6.04 Å². The molecule has 5 nitrogen and oxygen atoms in total. The van der Waals surface area contributed by atoms with Crippen LogP contribution in [-0.2, 0) is 11.3 Å². The first kappa shape index (κ1) is 20.3. The molecule has 0 fully saturated rings. The Morgan fingerprint density at radius 3 is 2.50 bits per heavy atom. The maximum Gasteiger partial charge on any atom is 0.253 e. The molecule has 0 aliphatic heterocycles. The van der Waals surface area contributed by atoms with Crippen molar-refractivity contribution in [3.05, 3.63) is 64.1 Å². The number of carbonyl (C=O) groups excluding carboxylic acids is 2. The van der Waals surface area contributed by atoms with Crippen molar-refractivity contribution < 1.29 is 9.59 Å². The summed E-state index contributed by atoms with van der Waals surface area (Å²) in [6.45, 7) is 4.20. The number of likely N-dealkylation sites (N-methyl/N-ethyl adjacent to an activating group) is 1. The highest BCUT2D eigenvalue weighted by molar-refractivity contribution is 7.18. The van der Waals surface area contributed by atoms with E-state index in [1.54, 1.807) is 47.5 Å². The van der Waals surface area contributed by atoms with Gasteiger partial charge in [0.25, 0.3) is 5.91 Å². The summed E-state index contributed by atoms with van der Waals surface area (Å²) in [4.78, 5) is 31.8. The summed E-state index contributed by atoms with van der Waals surface area (Å²) in [7, 11) is 1.73. The molecular formula is C21H22ClN3O2S. The molecule has 0 aliphatic rings. The molecule has 1 heterocycles. The lowest BCUT2D eigenvalue weighted by molar-refractivity contribution is -0.133. The van der Waals surface area contributed by atoms with Crippen LogP contribution in [0.4, 0.5) is 0 Å². The van der Waals surface area contributed by atoms with Gasteiger partial charge in [-0.1, -0.05) is 49.7 Å². The SMILES string of the molecule is CC(C)[C@H](NC(=O)c1ccccc1Cl)C(=O)N(C)Cc1nc2ccccc2s1. The Morgan fingerprint density at radius 1 is 1.14 bits per heavy atom. The maximum atomic E-state index is 13.0. The van der Waals surface area contributed by atoms with Crippen molar-refractivity contribution in [1.29, 1.82) is 0 Å². The van der Waals surface area contributed by atoms with E-state index in [1.807, 2.05) is 38.1 Å². The molecule has 0 radical (unpaired) electrons. The Balaban J connectivity index is 1.72. The van der Waals surface area contributed by atoms with Crippen LogP contribution >= 0.6 is 22.9 Å². The monoisotopic (exact) mass is 415 g/mol. The van der Waals surface area contributed by atoms with Crippen molar-refractivity contribution in [2.75, 3.05) is 7.05 Å². The molecule has 1 N–H and O–H groups in total. The number of aromatic nitrogens is 1. The average molecular weight is 416 g/mol. The van der Waals surface area contributed by atoms with Gasteiger partial charge < -0.3 is 10.2 Å². The van der Waals surface area contributed by atoms with Crippen molar-refractivity contribution in [3.8, 4) is 0 Å². The van der Waals surface area contributed by atoms with Gasteiger partial charge in [-0.3, -0.25) is 9.59 Å². The molecular weight excluding hydrogens is 394 g/mol. The topological polar surface area (TPSA) is 62.3 Å². The molecule has 2 amide bonds. The van der Waals surface area contributed by atoms with Gasteiger partial charge in [0.2, 0.25) is 5.91 Å². The highest BCUT2D eigenvalue weighted by Crippen LogP contribution is 2.23. The lowest BCUT2D eigenvalue weighted by Gasteiger charge is -2.26. The van der Waals surface area contributed by atoms with Gasteiger partial charge in [0.05, 0.1) is 27.3 Å². The number of benzene rings is 2. The van der Waals surface area contributed by atoms with Gasteiger partial charge in [-0.2, -0.15) is 0 Å². The van der Waals surface area contributed by atoms with E-state index in [9.17, 15) is 9.59 Å². The number of halogens is 1. The van der Waals surface area contributed by atoms with E-state index in [2.05, 4.69) is 10.3 Å². The van der Waals surface area contributed by atoms with Crippen LogP contribution in [0.3, 0.4) is 0 Å². The third kappa shape index (κ3) is 4.51. The van der Waals surface area contributed by atoms with Gasteiger partial charge in [0.15, 0.2) is 0 Å². The minimum Gasteiger partial charge on any atom is -0.340 e. The predicted octanol–water partition coefficient (Wildman–Crippen LogP) is 4.36. The average Bonchev–Trinajstić information content (AvgIpc) is 3.07. The zero-order valence-corrected chi connectivity index (χ0v) is 17.6. The summed E-state index contributed by atoms with van der Waals surface area (Å²) < 4.78 is 1.09. The molecule has 0 bridgehead atoms. The third-order valence-corrected chi connectivity index (χ3v) is 5.78. The summed E-state index contributed by atoms with van der Waals surface area (Å²) in [5.74, 6) is -0.586. The molecule has 28 heavy (non-hydrogen) atoms. The number of carbonyl (C=O) groups is 2. The molecule has 146 valence electrons. The molecule has 0 saturated carbocycles. The number of nitrogens with zero attached hydrogens (tertiary/aromatic N) is 2. The van der Waals surface area contributed by atoms with E-state index in [4.69, 9.17) is 11.6 Å². The van der Waals surface area contributed by atoms with Crippen LogP contribution in [0.5, 0.6) is 0 Å². The van der Waals surface area contributed by atoms with Crippen LogP contribution in [0, 0.1) is 5.92 Å². The summed E-state index contributed by atoms with van der Waals surface area (Å²) >= 11 is 7.67. The van der Waals surface area contributed by atoms with Gasteiger partial charge in [-0.05, 0) is 30.2 Å². The zero-order chi connectivity index (χ0) is 20.3. The molecule has 3 rings (SSSR count). The number of para-hydroxylation sites is 1. The molecule has 1 atom stereocenters. The summed E-state index contributed by atoms with van der Waals surface area (Å²) in [5.41, 5.74) is 1.28. The zero-order valence-electron chi connectivity index (χ0n) is 16.0. The summed E-state index contributed by atoms with van der Waals surface area (Å²) in [6.07, 6.45) is 0. The Hall–Kier alpha value is -2.44. The van der Waals surface area contributed by atoms with Gasteiger partial charge in [0.1, 0.15) is 11.0 Å². The van der Waals surface area contributed by atoms with E-state index in [-0.39, 0.29) is 17.7 Å². The van der Waals surface area contributed by atoms with E-state index in [1.165, 1.54) is 0 Å². The van der Waals surface area contributed by atoms with Gasteiger partial charge in [0, 0.05) is 7.05 Å². The summed E-state index contributed by atoms with van der Waals surface area (Å²) in [5, 5.41) is 4.05. The van der Waals surface area contributed by atoms with Crippen molar-refractivity contribution in [3.63, 3.8) is 0 Å². The van der Waals surface area contributed by atoms with Crippen LogP contribution in [-0.4, -0.2) is 34.8 Å². The summed E-state index contributed by atoms with van der Waals surface area (Å²) in [6, 6.07) is 14.0. The molecule has 0 saturated heterocycles. The normalized spacial score (nSPS) is 12.2. The van der Waals surface area contributed by atoms with Crippen LogP contribution in [0.15, 0.2) is 48.5 Å². The van der Waals surface area contributed by atoms with Gasteiger partial charge in [-0.25, -0.2) is 4.98 Å². The van der Waals surface area contributed by atoms with Crippen molar-refractivity contribution in [1.82, 2.24) is 15.2 Å². The molecule has 1 aromatic heterocycles. The standard InChI is InChI=1S/C21H22ClN3O2S/c1-13(2)19(24-20(26)14-8-4-5-9-15(14)22)21(27)25(3)12-18-23-16-10-6-7-11-17(16)28-18/h4-11,13,19H,12H2,1-3H3,(H,24,26)/t19-/m0/s1. The largest absolute Gasteiger partial charge is 0.340 e. The number of hydrogen-bond donors (Lipinski definition) is 1. The molecule has 0 spiro atoms. The fraction of sp³-hybridized carbons (Fsp3) is 0.286. The van der Waals surface area contributed by atoms with Crippen LogP contribution in [0.1, 0.15) is 29.2 Å². The highest BCUT2D eigenvalue weighted by atomic mass is 35.5. The number of fused-ring (bicyclic) bond motifs is 1.